The third-order valence-electron chi connectivity index (χ3n) is 1.72. The van der Waals surface area contributed by atoms with Crippen LogP contribution in [0.5, 0.6) is 0 Å². The van der Waals surface area contributed by atoms with Crippen molar-refractivity contribution in [1.29, 1.82) is 0 Å². The highest BCUT2D eigenvalue weighted by Crippen LogP contribution is 2.14. The summed E-state index contributed by atoms with van der Waals surface area (Å²) in [6.45, 7) is 4.12. The molecule has 0 aliphatic rings. The van der Waals surface area contributed by atoms with Crippen LogP contribution in [0.1, 0.15) is 13.8 Å². The van der Waals surface area contributed by atoms with Crippen molar-refractivity contribution in [3.05, 3.63) is 41.4 Å². The van der Waals surface area contributed by atoms with Crippen molar-refractivity contribution in [2.45, 2.75) is 19.9 Å². The van der Waals surface area contributed by atoms with E-state index in [4.69, 9.17) is 11.6 Å². The van der Waals surface area contributed by atoms with Crippen LogP contribution in [0, 0.1) is 0 Å². The monoisotopic (exact) mass is 195 g/mol. The highest BCUT2D eigenvalue weighted by molar-refractivity contribution is 6.30. The number of benzene rings is 1. The molecule has 2 heteroatoms. The maximum absolute atomic E-state index is 5.77. The first-order valence-corrected chi connectivity index (χ1v) is 4.75. The summed E-state index contributed by atoms with van der Waals surface area (Å²) >= 11 is 5.77. The summed E-state index contributed by atoms with van der Waals surface area (Å²) in [6.07, 6.45) is 4.14. The molecule has 0 saturated carbocycles. The van der Waals surface area contributed by atoms with E-state index in [2.05, 4.69) is 18.3 Å². The molecule has 0 amide bonds. The van der Waals surface area contributed by atoms with Crippen molar-refractivity contribution in [3.63, 3.8) is 0 Å². The number of hydrogen-bond donors (Lipinski definition) is 1. The third-order valence-corrected chi connectivity index (χ3v) is 1.97. The van der Waals surface area contributed by atoms with E-state index in [-0.39, 0.29) is 0 Å². The van der Waals surface area contributed by atoms with Gasteiger partial charge in [-0.2, -0.15) is 0 Å². The molecule has 70 valence electrons. The SMILES string of the molecule is C/C=C/[C@@H](C)Nc1ccc(Cl)cc1. The average Bonchev–Trinajstić information content (AvgIpc) is 2.09. The number of anilines is 1. The van der Waals surface area contributed by atoms with Crippen molar-refractivity contribution in [2.24, 2.45) is 0 Å². The Hall–Kier alpha value is -0.950. The van der Waals surface area contributed by atoms with E-state index in [9.17, 15) is 0 Å². The molecule has 0 fully saturated rings. The molecule has 0 bridgehead atoms. The molecule has 0 spiro atoms. The van der Waals surface area contributed by atoms with Crippen LogP contribution in [0.3, 0.4) is 0 Å². The number of allylic oxidation sites excluding steroid dienone is 1. The minimum Gasteiger partial charge on any atom is -0.379 e. The van der Waals surface area contributed by atoms with Gasteiger partial charge < -0.3 is 5.32 Å². The highest BCUT2D eigenvalue weighted by Gasteiger charge is 1.95. The van der Waals surface area contributed by atoms with Gasteiger partial charge in [0.15, 0.2) is 0 Å². The standard InChI is InChI=1S/C11H14ClN/c1-3-4-9(2)13-11-7-5-10(12)6-8-11/h3-9,13H,1-2H3/b4-3+/t9-/m1/s1. The molecule has 0 heterocycles. The summed E-state index contributed by atoms with van der Waals surface area (Å²) in [4.78, 5) is 0. The molecule has 1 aromatic rings. The first-order chi connectivity index (χ1) is 6.22. The van der Waals surface area contributed by atoms with Crippen LogP contribution in [0.2, 0.25) is 5.02 Å². The van der Waals surface area contributed by atoms with Gasteiger partial charge in [-0.1, -0.05) is 23.8 Å². The lowest BCUT2D eigenvalue weighted by Crippen LogP contribution is -2.11. The van der Waals surface area contributed by atoms with Gasteiger partial charge in [0.05, 0.1) is 0 Å². The van der Waals surface area contributed by atoms with Crippen LogP contribution < -0.4 is 5.32 Å². The predicted octanol–water partition coefficient (Wildman–Crippen LogP) is 3.72. The number of hydrogen-bond acceptors (Lipinski definition) is 1. The van der Waals surface area contributed by atoms with Crippen molar-refractivity contribution in [1.82, 2.24) is 0 Å². The summed E-state index contributed by atoms with van der Waals surface area (Å²) in [6, 6.07) is 8.06. The summed E-state index contributed by atoms with van der Waals surface area (Å²) in [5, 5.41) is 4.09. The second-order valence-electron chi connectivity index (χ2n) is 2.97. The minimum absolute atomic E-state index is 0.353. The average molecular weight is 196 g/mol. The van der Waals surface area contributed by atoms with Crippen LogP contribution in [-0.2, 0) is 0 Å². The van der Waals surface area contributed by atoms with Crippen LogP contribution in [0.25, 0.3) is 0 Å². The van der Waals surface area contributed by atoms with E-state index in [1.807, 2.05) is 37.3 Å². The third kappa shape index (κ3) is 3.51. The Morgan fingerprint density at radius 2 is 1.92 bits per heavy atom. The molecular weight excluding hydrogens is 182 g/mol. The Bertz CT molecular complexity index is 277. The van der Waals surface area contributed by atoms with E-state index < -0.39 is 0 Å². The summed E-state index contributed by atoms with van der Waals surface area (Å²) < 4.78 is 0. The van der Waals surface area contributed by atoms with E-state index in [1.54, 1.807) is 0 Å². The molecule has 0 aliphatic carbocycles. The lowest BCUT2D eigenvalue weighted by molar-refractivity contribution is 0.995. The van der Waals surface area contributed by atoms with Gasteiger partial charge in [-0.15, -0.1) is 0 Å². The van der Waals surface area contributed by atoms with Gasteiger partial charge in [0.2, 0.25) is 0 Å². The highest BCUT2D eigenvalue weighted by atomic mass is 35.5. The number of nitrogens with one attached hydrogen (secondary N) is 1. The molecule has 1 nitrogen and oxygen atoms in total. The minimum atomic E-state index is 0.353. The number of rotatable bonds is 3. The summed E-state index contributed by atoms with van der Waals surface area (Å²) in [5.74, 6) is 0. The molecule has 1 N–H and O–H groups in total. The second kappa shape index (κ2) is 4.93. The Balaban J connectivity index is 2.59. The van der Waals surface area contributed by atoms with Crippen molar-refractivity contribution >= 4 is 17.3 Å². The molecule has 0 aliphatic heterocycles. The molecule has 0 aromatic heterocycles. The van der Waals surface area contributed by atoms with Crippen LogP contribution in [0.4, 0.5) is 5.69 Å². The summed E-state index contributed by atoms with van der Waals surface area (Å²) in [7, 11) is 0. The zero-order valence-electron chi connectivity index (χ0n) is 7.92. The fourth-order valence-corrected chi connectivity index (χ4v) is 1.27. The second-order valence-corrected chi connectivity index (χ2v) is 3.40. The quantitative estimate of drug-likeness (QED) is 0.725. The Morgan fingerprint density at radius 3 is 2.46 bits per heavy atom. The normalized spacial score (nSPS) is 13.2. The Morgan fingerprint density at radius 1 is 1.31 bits per heavy atom. The van der Waals surface area contributed by atoms with Crippen molar-refractivity contribution < 1.29 is 0 Å². The maximum Gasteiger partial charge on any atom is 0.0416 e. The smallest absolute Gasteiger partial charge is 0.0416 e. The van der Waals surface area contributed by atoms with Gasteiger partial charge in [-0.25, -0.2) is 0 Å². The van der Waals surface area contributed by atoms with E-state index in [0.29, 0.717) is 6.04 Å². The van der Waals surface area contributed by atoms with Gasteiger partial charge in [0.1, 0.15) is 0 Å². The maximum atomic E-state index is 5.77. The van der Waals surface area contributed by atoms with Crippen molar-refractivity contribution in [2.75, 3.05) is 5.32 Å². The van der Waals surface area contributed by atoms with Gasteiger partial charge >= 0.3 is 0 Å². The fraction of sp³-hybridized carbons (Fsp3) is 0.273. The van der Waals surface area contributed by atoms with E-state index in [0.717, 1.165) is 10.7 Å². The lowest BCUT2D eigenvalue weighted by atomic mass is 10.2. The summed E-state index contributed by atoms with van der Waals surface area (Å²) in [5.41, 5.74) is 1.09. The van der Waals surface area contributed by atoms with E-state index in [1.165, 1.54) is 0 Å². The molecule has 1 rings (SSSR count). The first-order valence-electron chi connectivity index (χ1n) is 4.37. The number of halogens is 1. The molecule has 1 atom stereocenters. The topological polar surface area (TPSA) is 12.0 Å². The molecule has 0 radical (unpaired) electrons. The van der Waals surface area contributed by atoms with Crippen LogP contribution >= 0.6 is 11.6 Å². The van der Waals surface area contributed by atoms with Gasteiger partial charge in [-0.05, 0) is 38.1 Å². The predicted molar refractivity (Wildman–Crippen MR) is 59.4 cm³/mol. The molecule has 0 unspecified atom stereocenters. The van der Waals surface area contributed by atoms with Crippen molar-refractivity contribution in [3.8, 4) is 0 Å². The zero-order valence-corrected chi connectivity index (χ0v) is 8.68. The molecular formula is C11H14ClN. The largest absolute Gasteiger partial charge is 0.379 e. The molecule has 13 heavy (non-hydrogen) atoms. The van der Waals surface area contributed by atoms with Gasteiger partial charge in [0.25, 0.3) is 0 Å². The fourth-order valence-electron chi connectivity index (χ4n) is 1.15. The lowest BCUT2D eigenvalue weighted by Gasteiger charge is -2.10. The van der Waals surface area contributed by atoms with Gasteiger partial charge in [-0.3, -0.25) is 0 Å². The van der Waals surface area contributed by atoms with Crippen LogP contribution in [0.15, 0.2) is 36.4 Å². The van der Waals surface area contributed by atoms with Gasteiger partial charge in [0, 0.05) is 16.8 Å². The first kappa shape index (κ1) is 10.1. The van der Waals surface area contributed by atoms with Crippen LogP contribution in [-0.4, -0.2) is 6.04 Å². The van der Waals surface area contributed by atoms with E-state index >= 15 is 0 Å². The molecule has 1 aromatic carbocycles. The molecule has 0 saturated heterocycles. The Kier molecular flexibility index (Phi) is 3.84. The zero-order chi connectivity index (χ0) is 9.68. The Labute approximate surface area is 84.4 Å².